The van der Waals surface area contributed by atoms with E-state index in [1.165, 1.54) is 6.42 Å². The minimum Gasteiger partial charge on any atom is -0.493 e. The molecule has 106 valence electrons. The Hall–Kier alpha value is -1.06. The Kier molecular flexibility index (Phi) is 4.83. The van der Waals surface area contributed by atoms with Crippen molar-refractivity contribution in [1.29, 1.82) is 0 Å². The Bertz CT molecular complexity index is 407. The summed E-state index contributed by atoms with van der Waals surface area (Å²) in [5, 5.41) is 10.4. The topological polar surface area (TPSA) is 32.7 Å². The van der Waals surface area contributed by atoms with Crippen LogP contribution >= 0.6 is 0 Å². The molecule has 1 saturated carbocycles. The Morgan fingerprint density at radius 3 is 2.74 bits per heavy atom. The maximum atomic E-state index is 10.4. The normalized spacial score (nSPS) is 23.4. The largest absolute Gasteiger partial charge is 0.493 e. The summed E-state index contributed by atoms with van der Waals surface area (Å²) in [6.07, 6.45) is 0.845. The molecule has 3 nitrogen and oxygen atoms in total. The molecule has 1 fully saturated rings. The summed E-state index contributed by atoms with van der Waals surface area (Å²) in [7, 11) is 2.08. The minimum atomic E-state index is -0.484. The first-order valence-corrected chi connectivity index (χ1v) is 7.20. The van der Waals surface area contributed by atoms with Crippen molar-refractivity contribution in [3.8, 4) is 5.75 Å². The van der Waals surface area contributed by atoms with Crippen LogP contribution in [0.4, 0.5) is 0 Å². The van der Waals surface area contributed by atoms with Crippen LogP contribution in [0.5, 0.6) is 5.75 Å². The minimum absolute atomic E-state index is 0.484. The predicted molar refractivity (Wildman–Crippen MR) is 77.3 cm³/mol. The lowest BCUT2D eigenvalue weighted by molar-refractivity contribution is 0.120. The van der Waals surface area contributed by atoms with Gasteiger partial charge in [0.2, 0.25) is 0 Å². The van der Waals surface area contributed by atoms with Gasteiger partial charge in [-0.1, -0.05) is 25.1 Å². The van der Waals surface area contributed by atoms with Gasteiger partial charge in [0, 0.05) is 18.7 Å². The number of aliphatic hydroxyl groups is 1. The van der Waals surface area contributed by atoms with Gasteiger partial charge in [-0.15, -0.1) is 0 Å². The second kappa shape index (κ2) is 6.40. The summed E-state index contributed by atoms with van der Waals surface area (Å²) >= 11 is 0. The van der Waals surface area contributed by atoms with Gasteiger partial charge >= 0.3 is 0 Å². The van der Waals surface area contributed by atoms with E-state index in [4.69, 9.17) is 4.74 Å². The molecule has 1 aliphatic rings. The second-order valence-corrected chi connectivity index (χ2v) is 5.68. The molecule has 0 radical (unpaired) electrons. The quantitative estimate of drug-likeness (QED) is 0.821. The number of aliphatic hydroxyl groups excluding tert-OH is 1. The van der Waals surface area contributed by atoms with Crippen LogP contribution in [-0.2, 0) is 0 Å². The molecular formula is C16H25NO2. The van der Waals surface area contributed by atoms with E-state index in [-0.39, 0.29) is 0 Å². The second-order valence-electron chi connectivity index (χ2n) is 5.68. The molecule has 0 aromatic heterocycles. The molecule has 1 N–H and O–H groups in total. The van der Waals surface area contributed by atoms with Crippen LogP contribution in [0.3, 0.4) is 0 Å². The highest BCUT2D eigenvalue weighted by Crippen LogP contribution is 2.38. The summed E-state index contributed by atoms with van der Waals surface area (Å²) in [4.78, 5) is 2.22. The number of likely N-dealkylation sites (N-methyl/N-ethyl adjacent to an activating group) is 1. The molecule has 3 atom stereocenters. The van der Waals surface area contributed by atoms with Gasteiger partial charge in [0.1, 0.15) is 5.75 Å². The van der Waals surface area contributed by atoms with E-state index in [1.54, 1.807) is 0 Å². The maximum Gasteiger partial charge on any atom is 0.125 e. The number of nitrogens with zero attached hydrogens (tertiary/aromatic N) is 1. The number of rotatable bonds is 7. The number of hydrogen-bond acceptors (Lipinski definition) is 3. The van der Waals surface area contributed by atoms with Crippen molar-refractivity contribution < 1.29 is 9.84 Å². The Labute approximate surface area is 116 Å². The van der Waals surface area contributed by atoms with Crippen LogP contribution < -0.4 is 4.74 Å². The van der Waals surface area contributed by atoms with Crippen LogP contribution in [0.1, 0.15) is 31.9 Å². The van der Waals surface area contributed by atoms with Gasteiger partial charge in [-0.2, -0.15) is 0 Å². The highest BCUT2D eigenvalue weighted by Gasteiger charge is 2.33. The number of para-hydroxylation sites is 1. The standard InChI is InChI=1S/C16H25NO2/c1-4-19-16-8-6-5-7-14(16)15(18)11-17(3)10-13-9-12(13)2/h5-8,12-13,15,18H,4,9-11H2,1-3H3. The first-order valence-electron chi connectivity index (χ1n) is 7.20. The molecule has 0 bridgehead atoms. The average Bonchev–Trinajstić information content (AvgIpc) is 3.05. The monoisotopic (exact) mass is 263 g/mol. The van der Waals surface area contributed by atoms with Gasteiger partial charge in [0.25, 0.3) is 0 Å². The predicted octanol–water partition coefficient (Wildman–Crippen LogP) is 2.71. The average molecular weight is 263 g/mol. The summed E-state index contributed by atoms with van der Waals surface area (Å²) in [6, 6.07) is 7.76. The molecule has 3 heteroatoms. The molecule has 0 aliphatic heterocycles. The third kappa shape index (κ3) is 3.95. The van der Waals surface area contributed by atoms with Gasteiger partial charge in [-0.25, -0.2) is 0 Å². The van der Waals surface area contributed by atoms with Crippen molar-refractivity contribution in [1.82, 2.24) is 4.90 Å². The zero-order chi connectivity index (χ0) is 13.8. The highest BCUT2D eigenvalue weighted by atomic mass is 16.5. The van der Waals surface area contributed by atoms with Crippen molar-refractivity contribution >= 4 is 0 Å². The van der Waals surface area contributed by atoms with Crippen molar-refractivity contribution in [2.45, 2.75) is 26.4 Å². The first-order chi connectivity index (χ1) is 9.11. The van der Waals surface area contributed by atoms with E-state index < -0.39 is 6.10 Å². The Balaban J connectivity index is 1.92. The molecule has 3 unspecified atom stereocenters. The summed E-state index contributed by atoms with van der Waals surface area (Å²) < 4.78 is 5.57. The Morgan fingerprint density at radius 2 is 2.11 bits per heavy atom. The highest BCUT2D eigenvalue weighted by molar-refractivity contribution is 5.35. The van der Waals surface area contributed by atoms with Crippen LogP contribution in [0.2, 0.25) is 0 Å². The fourth-order valence-corrected chi connectivity index (χ4v) is 2.56. The number of ether oxygens (including phenoxy) is 1. The van der Waals surface area contributed by atoms with E-state index in [9.17, 15) is 5.11 Å². The van der Waals surface area contributed by atoms with Crippen molar-refractivity contribution in [2.24, 2.45) is 11.8 Å². The van der Waals surface area contributed by atoms with Crippen LogP contribution in [-0.4, -0.2) is 36.8 Å². The van der Waals surface area contributed by atoms with Gasteiger partial charge in [0.15, 0.2) is 0 Å². The maximum absolute atomic E-state index is 10.4. The number of benzene rings is 1. The molecule has 1 aliphatic carbocycles. The molecule has 19 heavy (non-hydrogen) atoms. The molecule has 0 spiro atoms. The molecule has 0 saturated heterocycles. The lowest BCUT2D eigenvalue weighted by Gasteiger charge is -2.22. The zero-order valence-corrected chi connectivity index (χ0v) is 12.2. The Morgan fingerprint density at radius 1 is 1.42 bits per heavy atom. The van der Waals surface area contributed by atoms with Crippen molar-refractivity contribution in [2.75, 3.05) is 26.7 Å². The molecule has 0 heterocycles. The zero-order valence-electron chi connectivity index (χ0n) is 12.2. The van der Waals surface area contributed by atoms with Gasteiger partial charge in [-0.3, -0.25) is 0 Å². The van der Waals surface area contributed by atoms with Crippen LogP contribution in [0.25, 0.3) is 0 Å². The van der Waals surface area contributed by atoms with E-state index in [0.29, 0.717) is 13.2 Å². The van der Waals surface area contributed by atoms with Crippen LogP contribution in [0, 0.1) is 11.8 Å². The summed E-state index contributed by atoms with van der Waals surface area (Å²) in [5.74, 6) is 2.47. The lowest BCUT2D eigenvalue weighted by Crippen LogP contribution is -2.27. The third-order valence-corrected chi connectivity index (χ3v) is 3.88. The van der Waals surface area contributed by atoms with Gasteiger partial charge in [-0.05, 0) is 38.3 Å². The fourth-order valence-electron chi connectivity index (χ4n) is 2.56. The smallest absolute Gasteiger partial charge is 0.125 e. The SMILES string of the molecule is CCOc1ccccc1C(O)CN(C)CC1CC1C. The van der Waals surface area contributed by atoms with E-state index in [0.717, 1.165) is 29.7 Å². The summed E-state index contributed by atoms with van der Waals surface area (Å²) in [6.45, 7) is 6.62. The van der Waals surface area contributed by atoms with E-state index in [1.807, 2.05) is 31.2 Å². The van der Waals surface area contributed by atoms with Gasteiger partial charge < -0.3 is 14.7 Å². The lowest BCUT2D eigenvalue weighted by atomic mass is 10.1. The third-order valence-electron chi connectivity index (χ3n) is 3.88. The first kappa shape index (κ1) is 14.4. The molecule has 1 aromatic carbocycles. The molecule has 1 aromatic rings. The molecule has 2 rings (SSSR count). The number of hydrogen-bond donors (Lipinski definition) is 1. The van der Waals surface area contributed by atoms with Crippen molar-refractivity contribution in [3.63, 3.8) is 0 Å². The van der Waals surface area contributed by atoms with Crippen LogP contribution in [0.15, 0.2) is 24.3 Å². The summed E-state index contributed by atoms with van der Waals surface area (Å²) in [5.41, 5.74) is 0.889. The van der Waals surface area contributed by atoms with E-state index >= 15 is 0 Å². The van der Waals surface area contributed by atoms with Crippen molar-refractivity contribution in [3.05, 3.63) is 29.8 Å². The van der Waals surface area contributed by atoms with E-state index in [2.05, 4.69) is 18.9 Å². The molecule has 0 amide bonds. The fraction of sp³-hybridized carbons (Fsp3) is 0.625. The van der Waals surface area contributed by atoms with Gasteiger partial charge in [0.05, 0.1) is 12.7 Å². The molecular weight excluding hydrogens is 238 g/mol.